The van der Waals surface area contributed by atoms with Crippen molar-refractivity contribution in [3.05, 3.63) is 73.5 Å². The number of nitrogens with zero attached hydrogens (tertiary/aromatic N) is 3. The number of thiazole rings is 1. The van der Waals surface area contributed by atoms with E-state index >= 15 is 0 Å². The van der Waals surface area contributed by atoms with E-state index in [1.807, 2.05) is 36.6 Å². The predicted molar refractivity (Wildman–Crippen MR) is 132 cm³/mol. The van der Waals surface area contributed by atoms with Gasteiger partial charge >= 0.3 is 5.69 Å². The highest BCUT2D eigenvalue weighted by Gasteiger charge is 2.28. The van der Waals surface area contributed by atoms with Crippen LogP contribution in [0.25, 0.3) is 33.2 Å². The van der Waals surface area contributed by atoms with E-state index in [1.54, 1.807) is 6.07 Å². The van der Waals surface area contributed by atoms with E-state index in [0.717, 1.165) is 40.7 Å². The average molecular weight is 473 g/mol. The third-order valence-electron chi connectivity index (χ3n) is 6.20. The third kappa shape index (κ3) is 3.26. The molecule has 6 rings (SSSR count). The lowest BCUT2D eigenvalue weighted by atomic mass is 10.1. The molecular weight excluding hydrogens is 452 g/mol. The first-order chi connectivity index (χ1) is 16.4. The Labute approximate surface area is 196 Å². The number of anilines is 1. The maximum Gasteiger partial charge on any atom is 0.329 e. The number of benzene rings is 1. The number of para-hydroxylation sites is 1. The van der Waals surface area contributed by atoms with Crippen LogP contribution in [0.1, 0.15) is 40.5 Å². The van der Waals surface area contributed by atoms with Crippen molar-refractivity contribution in [3.63, 3.8) is 0 Å². The van der Waals surface area contributed by atoms with Crippen LogP contribution in [0.3, 0.4) is 0 Å². The van der Waals surface area contributed by atoms with Crippen LogP contribution in [0.5, 0.6) is 0 Å². The Hall–Kier alpha value is -4.05. The Balaban J connectivity index is 1.41. The molecule has 0 radical (unpaired) electrons. The molecule has 0 saturated heterocycles. The molecule has 1 aliphatic rings. The fourth-order valence-corrected chi connectivity index (χ4v) is 5.04. The topological polar surface area (TPSA) is 126 Å². The second kappa shape index (κ2) is 7.49. The molecule has 0 aliphatic heterocycles. The summed E-state index contributed by atoms with van der Waals surface area (Å²) in [5.41, 5.74) is 3.67. The molecule has 34 heavy (non-hydrogen) atoms. The van der Waals surface area contributed by atoms with Crippen LogP contribution in [-0.4, -0.2) is 30.4 Å². The summed E-state index contributed by atoms with van der Waals surface area (Å²) in [5, 5.41) is 6.31. The fourth-order valence-electron chi connectivity index (χ4n) is 4.34. The van der Waals surface area contributed by atoms with Gasteiger partial charge in [-0.1, -0.05) is 18.2 Å². The number of H-pyrrole nitrogens is 2. The Morgan fingerprint density at radius 3 is 2.76 bits per heavy atom. The molecule has 170 valence electrons. The molecule has 0 spiro atoms. The number of hydrogen-bond donors (Lipinski definition) is 3. The monoisotopic (exact) mass is 472 g/mol. The predicted octanol–water partition coefficient (Wildman–Crippen LogP) is 3.66. The zero-order valence-electron chi connectivity index (χ0n) is 18.4. The molecule has 1 fully saturated rings. The van der Waals surface area contributed by atoms with Gasteiger partial charge in [0, 0.05) is 46.2 Å². The Morgan fingerprint density at radius 2 is 1.97 bits per heavy atom. The van der Waals surface area contributed by atoms with Crippen LogP contribution in [0, 0.1) is 6.92 Å². The second-order valence-corrected chi connectivity index (χ2v) is 9.41. The lowest BCUT2D eigenvalue weighted by molar-refractivity contribution is 0.102. The number of aromatic amines is 2. The quantitative estimate of drug-likeness (QED) is 0.368. The molecule has 0 unspecified atom stereocenters. The number of rotatable bonds is 4. The Bertz CT molecular complexity index is 1740. The van der Waals surface area contributed by atoms with E-state index in [4.69, 9.17) is 0 Å². The minimum Gasteiger partial charge on any atom is -0.358 e. The molecule has 1 amide bonds. The van der Waals surface area contributed by atoms with Crippen LogP contribution in [0.2, 0.25) is 0 Å². The summed E-state index contributed by atoms with van der Waals surface area (Å²) in [7, 11) is 1.53. The van der Waals surface area contributed by atoms with E-state index in [1.165, 1.54) is 23.0 Å². The van der Waals surface area contributed by atoms with Crippen molar-refractivity contribution >= 4 is 44.3 Å². The lowest BCUT2D eigenvalue weighted by Gasteiger charge is -2.10. The van der Waals surface area contributed by atoms with Crippen molar-refractivity contribution in [1.29, 1.82) is 0 Å². The van der Waals surface area contributed by atoms with Crippen molar-refractivity contribution in [2.45, 2.75) is 25.7 Å². The number of aromatic nitrogens is 5. The highest BCUT2D eigenvalue weighted by molar-refractivity contribution is 7.14. The summed E-state index contributed by atoms with van der Waals surface area (Å²) in [6.45, 7) is 1.99. The summed E-state index contributed by atoms with van der Waals surface area (Å²) < 4.78 is 1.26. The van der Waals surface area contributed by atoms with Crippen LogP contribution in [-0.2, 0) is 7.05 Å². The molecule has 5 aromatic rings. The van der Waals surface area contributed by atoms with Crippen molar-refractivity contribution in [1.82, 2.24) is 24.5 Å². The molecule has 0 atom stereocenters. The number of pyridine rings is 1. The maximum absolute atomic E-state index is 13.3. The summed E-state index contributed by atoms with van der Waals surface area (Å²) >= 11 is 1.31. The molecule has 3 N–H and O–H groups in total. The third-order valence-corrected chi connectivity index (χ3v) is 6.96. The van der Waals surface area contributed by atoms with Gasteiger partial charge in [-0.15, -0.1) is 11.3 Å². The van der Waals surface area contributed by atoms with Crippen LogP contribution in [0.4, 0.5) is 5.13 Å². The molecule has 1 saturated carbocycles. The van der Waals surface area contributed by atoms with E-state index in [2.05, 4.69) is 25.3 Å². The molecule has 9 nitrogen and oxygen atoms in total. The van der Waals surface area contributed by atoms with Crippen LogP contribution < -0.4 is 16.6 Å². The fraction of sp³-hybridized carbons (Fsp3) is 0.208. The molecule has 1 aromatic carbocycles. The Kier molecular flexibility index (Phi) is 4.53. The van der Waals surface area contributed by atoms with Crippen LogP contribution >= 0.6 is 11.3 Å². The molecule has 4 heterocycles. The molecular formula is C24H20N6O3S. The first kappa shape index (κ1) is 20.5. The average Bonchev–Trinajstić information content (AvgIpc) is 3.49. The van der Waals surface area contributed by atoms with Gasteiger partial charge in [-0.2, -0.15) is 0 Å². The number of carbonyl (C=O) groups is 1. The number of amides is 1. The number of aryl methyl sites for hydroxylation is 2. The highest BCUT2D eigenvalue weighted by atomic mass is 32.1. The van der Waals surface area contributed by atoms with Crippen molar-refractivity contribution in [2.75, 3.05) is 5.32 Å². The standard InChI is InChI=1S/C24H20N6O3S/c1-11-18(13-5-3-4-6-15(13)25-11)17-10-34-23(27-17)28-21(31)14-9-16(12-7-8-12)26-20-19(14)22(32)29-24(33)30(20)2/h3-6,9-10,12,25H,7-8H2,1-2H3,(H,27,28,31)(H,29,32,33). The van der Waals surface area contributed by atoms with E-state index in [0.29, 0.717) is 10.8 Å². The smallest absolute Gasteiger partial charge is 0.329 e. The van der Waals surface area contributed by atoms with Crippen molar-refractivity contribution < 1.29 is 4.79 Å². The SMILES string of the molecule is Cc1[nH]c2ccccc2c1-c1csc(NC(=O)c2cc(C3CC3)nc3c2c(=O)[nH]c(=O)n3C)n1. The van der Waals surface area contributed by atoms with Crippen molar-refractivity contribution in [3.8, 4) is 11.3 Å². The van der Waals surface area contributed by atoms with E-state index < -0.39 is 17.2 Å². The first-order valence-electron chi connectivity index (χ1n) is 10.9. The molecule has 4 aromatic heterocycles. The van der Waals surface area contributed by atoms with Gasteiger partial charge in [0.15, 0.2) is 5.13 Å². The van der Waals surface area contributed by atoms with Gasteiger partial charge in [-0.25, -0.2) is 14.8 Å². The van der Waals surface area contributed by atoms with E-state index in [-0.39, 0.29) is 22.5 Å². The van der Waals surface area contributed by atoms with Gasteiger partial charge < -0.3 is 4.98 Å². The summed E-state index contributed by atoms with van der Waals surface area (Å²) in [6, 6.07) is 9.65. The largest absolute Gasteiger partial charge is 0.358 e. The summed E-state index contributed by atoms with van der Waals surface area (Å²) in [4.78, 5) is 52.9. The van der Waals surface area contributed by atoms with Gasteiger partial charge in [0.05, 0.1) is 16.6 Å². The Morgan fingerprint density at radius 1 is 1.18 bits per heavy atom. The normalized spacial score (nSPS) is 13.6. The molecule has 10 heteroatoms. The highest BCUT2D eigenvalue weighted by Crippen LogP contribution is 2.40. The number of hydrogen-bond acceptors (Lipinski definition) is 6. The zero-order valence-corrected chi connectivity index (χ0v) is 19.2. The van der Waals surface area contributed by atoms with Gasteiger partial charge in [0.2, 0.25) is 0 Å². The van der Waals surface area contributed by atoms with E-state index in [9.17, 15) is 14.4 Å². The maximum atomic E-state index is 13.3. The first-order valence-corrected chi connectivity index (χ1v) is 11.8. The van der Waals surface area contributed by atoms with Crippen LogP contribution in [0.15, 0.2) is 45.3 Å². The lowest BCUT2D eigenvalue weighted by Crippen LogP contribution is -2.31. The minimum atomic E-state index is -0.632. The molecule has 0 bridgehead atoms. The number of nitrogens with one attached hydrogen (secondary N) is 3. The second-order valence-electron chi connectivity index (χ2n) is 8.55. The summed E-state index contributed by atoms with van der Waals surface area (Å²) in [6.07, 6.45) is 1.94. The molecule has 1 aliphatic carbocycles. The van der Waals surface area contributed by atoms with Crippen molar-refractivity contribution in [2.24, 2.45) is 7.05 Å². The van der Waals surface area contributed by atoms with Gasteiger partial charge in [-0.05, 0) is 31.9 Å². The van der Waals surface area contributed by atoms with Gasteiger partial charge in [0.25, 0.3) is 11.5 Å². The number of fused-ring (bicyclic) bond motifs is 2. The summed E-state index contributed by atoms with van der Waals surface area (Å²) in [5.74, 6) is -0.225. The minimum absolute atomic E-state index is 0.0910. The number of carbonyl (C=O) groups excluding carboxylic acids is 1. The zero-order chi connectivity index (χ0) is 23.6. The van der Waals surface area contributed by atoms with Gasteiger partial charge in [-0.3, -0.25) is 24.5 Å². The van der Waals surface area contributed by atoms with Gasteiger partial charge in [0.1, 0.15) is 5.65 Å².